The Kier molecular flexibility index (Phi) is 3.35. The molecular weight excluding hydrogens is 234 g/mol. The van der Waals surface area contributed by atoms with Crippen molar-refractivity contribution in [1.29, 1.82) is 0 Å². The Hall–Kier alpha value is -1.50. The maximum Gasteiger partial charge on any atom is 0.324 e. The number of halogens is 3. The van der Waals surface area contributed by atoms with Gasteiger partial charge in [0.2, 0.25) is 5.75 Å². The number of hydrogen-bond acceptors (Lipinski definition) is 4. The van der Waals surface area contributed by atoms with Gasteiger partial charge in [0, 0.05) is 6.20 Å². The summed E-state index contributed by atoms with van der Waals surface area (Å²) in [5, 5.41) is 10.2. The van der Waals surface area contributed by atoms with Gasteiger partial charge in [0.1, 0.15) is 5.56 Å². The molecule has 0 bridgehead atoms. The van der Waals surface area contributed by atoms with E-state index in [9.17, 15) is 18.9 Å². The van der Waals surface area contributed by atoms with Gasteiger partial charge in [-0.2, -0.15) is 0 Å². The summed E-state index contributed by atoms with van der Waals surface area (Å²) >= 11 is 5.46. The minimum Gasteiger partial charge on any atom is -0.488 e. The van der Waals surface area contributed by atoms with E-state index in [0.717, 1.165) is 7.11 Å². The molecular formula is C7H5ClF2N2O3. The van der Waals surface area contributed by atoms with Gasteiger partial charge in [0.25, 0.3) is 6.43 Å². The molecule has 15 heavy (non-hydrogen) atoms. The van der Waals surface area contributed by atoms with Gasteiger partial charge in [0.15, 0.2) is 5.15 Å². The summed E-state index contributed by atoms with van der Waals surface area (Å²) < 4.78 is 29.3. The average molecular weight is 239 g/mol. The first kappa shape index (κ1) is 11.6. The van der Waals surface area contributed by atoms with E-state index in [0.29, 0.717) is 6.20 Å². The Morgan fingerprint density at radius 3 is 2.67 bits per heavy atom. The molecule has 0 fully saturated rings. The number of aromatic nitrogens is 1. The van der Waals surface area contributed by atoms with E-state index >= 15 is 0 Å². The van der Waals surface area contributed by atoms with E-state index in [4.69, 9.17) is 11.6 Å². The quantitative estimate of drug-likeness (QED) is 0.461. The SMILES string of the molecule is COc1c(Cl)ncc(C(F)F)c1[N+](=O)[O-]. The molecule has 0 unspecified atom stereocenters. The van der Waals surface area contributed by atoms with Crippen LogP contribution in [0, 0.1) is 10.1 Å². The van der Waals surface area contributed by atoms with Crippen LogP contribution in [0.2, 0.25) is 5.15 Å². The van der Waals surface area contributed by atoms with Gasteiger partial charge in [0.05, 0.1) is 12.0 Å². The fourth-order valence-corrected chi connectivity index (χ4v) is 1.22. The third kappa shape index (κ3) is 2.12. The van der Waals surface area contributed by atoms with Crippen molar-refractivity contribution in [1.82, 2.24) is 4.98 Å². The first-order chi connectivity index (χ1) is 6.99. The molecule has 1 aromatic rings. The number of rotatable bonds is 3. The van der Waals surface area contributed by atoms with E-state index in [1.165, 1.54) is 0 Å². The van der Waals surface area contributed by atoms with Crippen molar-refractivity contribution in [3.05, 3.63) is 27.0 Å². The van der Waals surface area contributed by atoms with Gasteiger partial charge in [-0.3, -0.25) is 10.1 Å². The number of ether oxygens (including phenoxy) is 1. The van der Waals surface area contributed by atoms with Crippen molar-refractivity contribution in [3.8, 4) is 5.75 Å². The van der Waals surface area contributed by atoms with Crippen LogP contribution in [0.4, 0.5) is 14.5 Å². The fraction of sp³-hybridized carbons (Fsp3) is 0.286. The summed E-state index contributed by atoms with van der Waals surface area (Å²) in [6, 6.07) is 0. The van der Waals surface area contributed by atoms with Crippen LogP contribution in [-0.2, 0) is 0 Å². The molecule has 0 aliphatic rings. The molecule has 0 aliphatic heterocycles. The molecule has 1 rings (SSSR count). The highest BCUT2D eigenvalue weighted by Crippen LogP contribution is 2.39. The molecule has 0 spiro atoms. The first-order valence-electron chi connectivity index (χ1n) is 3.64. The number of methoxy groups -OCH3 is 1. The Morgan fingerprint density at radius 2 is 2.27 bits per heavy atom. The van der Waals surface area contributed by atoms with E-state index in [1.54, 1.807) is 0 Å². The van der Waals surface area contributed by atoms with Crippen molar-refractivity contribution in [2.45, 2.75) is 6.43 Å². The molecule has 82 valence electrons. The average Bonchev–Trinajstić information content (AvgIpc) is 2.16. The fourth-order valence-electron chi connectivity index (χ4n) is 1.00. The lowest BCUT2D eigenvalue weighted by Crippen LogP contribution is -2.01. The van der Waals surface area contributed by atoms with Gasteiger partial charge < -0.3 is 4.74 Å². The van der Waals surface area contributed by atoms with Crippen molar-refractivity contribution >= 4 is 17.3 Å². The van der Waals surface area contributed by atoms with E-state index in [1.807, 2.05) is 0 Å². The zero-order chi connectivity index (χ0) is 11.6. The van der Waals surface area contributed by atoms with Crippen LogP contribution in [0.5, 0.6) is 5.75 Å². The molecule has 0 amide bonds. The molecule has 0 saturated carbocycles. The number of nitrogens with zero attached hydrogens (tertiary/aromatic N) is 2. The molecule has 0 aliphatic carbocycles. The Bertz CT molecular complexity index is 400. The van der Waals surface area contributed by atoms with Crippen LogP contribution in [0.1, 0.15) is 12.0 Å². The van der Waals surface area contributed by atoms with Crippen molar-refractivity contribution in [3.63, 3.8) is 0 Å². The molecule has 0 atom stereocenters. The van der Waals surface area contributed by atoms with Crippen LogP contribution in [0.25, 0.3) is 0 Å². The van der Waals surface area contributed by atoms with Crippen molar-refractivity contribution in [2.24, 2.45) is 0 Å². The molecule has 0 saturated heterocycles. The highest BCUT2D eigenvalue weighted by molar-refractivity contribution is 6.31. The second-order valence-corrected chi connectivity index (χ2v) is 2.80. The van der Waals surface area contributed by atoms with E-state index < -0.39 is 28.3 Å². The Balaban J connectivity index is 3.49. The second-order valence-electron chi connectivity index (χ2n) is 2.44. The summed E-state index contributed by atoms with van der Waals surface area (Å²) in [5.41, 5.74) is -1.67. The van der Waals surface area contributed by atoms with Gasteiger partial charge in [-0.15, -0.1) is 0 Å². The van der Waals surface area contributed by atoms with Crippen LogP contribution < -0.4 is 4.74 Å². The summed E-state index contributed by atoms with van der Waals surface area (Å²) in [5.74, 6) is -0.459. The van der Waals surface area contributed by atoms with E-state index in [2.05, 4.69) is 9.72 Å². The summed E-state index contributed by atoms with van der Waals surface area (Å²) in [6.07, 6.45) is -2.35. The lowest BCUT2D eigenvalue weighted by atomic mass is 10.2. The van der Waals surface area contributed by atoms with Gasteiger partial charge >= 0.3 is 5.69 Å². The monoisotopic (exact) mass is 238 g/mol. The molecule has 0 radical (unpaired) electrons. The second kappa shape index (κ2) is 4.35. The van der Waals surface area contributed by atoms with Gasteiger partial charge in [-0.1, -0.05) is 11.6 Å². The smallest absolute Gasteiger partial charge is 0.324 e. The van der Waals surface area contributed by atoms with Crippen LogP contribution in [0.15, 0.2) is 6.20 Å². The summed E-state index contributed by atoms with van der Waals surface area (Å²) in [7, 11) is 1.09. The number of alkyl halides is 2. The van der Waals surface area contributed by atoms with Crippen LogP contribution in [0.3, 0.4) is 0 Å². The van der Waals surface area contributed by atoms with Gasteiger partial charge in [-0.05, 0) is 0 Å². The van der Waals surface area contributed by atoms with Crippen LogP contribution in [-0.4, -0.2) is 17.0 Å². The number of nitro groups is 1. The van der Waals surface area contributed by atoms with Crippen molar-refractivity contribution in [2.75, 3.05) is 7.11 Å². The molecule has 1 aromatic heterocycles. The zero-order valence-electron chi connectivity index (χ0n) is 7.41. The topological polar surface area (TPSA) is 65.3 Å². The molecule has 5 nitrogen and oxygen atoms in total. The summed E-state index contributed by atoms with van der Waals surface area (Å²) in [6.45, 7) is 0. The zero-order valence-corrected chi connectivity index (χ0v) is 8.16. The largest absolute Gasteiger partial charge is 0.488 e. The minimum absolute atomic E-state index is 0.325. The first-order valence-corrected chi connectivity index (χ1v) is 4.01. The maximum atomic E-state index is 12.4. The Labute approximate surface area is 87.8 Å². The third-order valence-electron chi connectivity index (χ3n) is 1.61. The summed E-state index contributed by atoms with van der Waals surface area (Å²) in [4.78, 5) is 13.0. The normalized spacial score (nSPS) is 10.5. The van der Waals surface area contributed by atoms with Gasteiger partial charge in [-0.25, -0.2) is 13.8 Å². The molecule has 1 heterocycles. The molecule has 8 heteroatoms. The van der Waals surface area contributed by atoms with Crippen LogP contribution >= 0.6 is 11.6 Å². The third-order valence-corrected chi connectivity index (χ3v) is 1.88. The molecule has 0 aromatic carbocycles. The lowest BCUT2D eigenvalue weighted by molar-refractivity contribution is -0.387. The van der Waals surface area contributed by atoms with Crippen molar-refractivity contribution < 1.29 is 18.4 Å². The lowest BCUT2D eigenvalue weighted by Gasteiger charge is -2.06. The maximum absolute atomic E-state index is 12.4. The Morgan fingerprint density at radius 1 is 1.67 bits per heavy atom. The predicted octanol–water partition coefficient (Wildman–Crippen LogP) is 2.59. The predicted molar refractivity (Wildman–Crippen MR) is 47.4 cm³/mol. The standard InChI is InChI=1S/C7H5ClF2N2O3/c1-15-5-4(12(13)14)3(7(9)10)2-11-6(5)8/h2,7H,1H3. The minimum atomic E-state index is -3.01. The van der Waals surface area contributed by atoms with E-state index in [-0.39, 0.29) is 5.15 Å². The highest BCUT2D eigenvalue weighted by atomic mass is 35.5. The highest BCUT2D eigenvalue weighted by Gasteiger charge is 2.29. The number of pyridine rings is 1. The number of hydrogen-bond donors (Lipinski definition) is 0. The molecule has 0 N–H and O–H groups in total.